The van der Waals surface area contributed by atoms with Crippen LogP contribution in [0.15, 0.2) is 91.1 Å². The van der Waals surface area contributed by atoms with Crippen molar-refractivity contribution >= 4 is 89.4 Å². The average Bonchev–Trinajstić information content (AvgIpc) is 4.31. The molecule has 3 saturated heterocycles. The van der Waals surface area contributed by atoms with E-state index in [1.807, 2.05) is 24.3 Å². The lowest BCUT2D eigenvalue weighted by Crippen LogP contribution is -2.62. The fraction of sp³-hybridized carbons (Fsp3) is 0.463. The zero-order chi connectivity index (χ0) is 55.3. The number of hydrogen-bond acceptors (Lipinski definition) is 13. The Bertz CT molecular complexity index is 2770. The summed E-state index contributed by atoms with van der Waals surface area (Å²) in [5, 5.41) is 34.9. The topological polar surface area (TPSA) is 306 Å². The molecule has 1 aromatic heterocycles. The Labute approximate surface area is 457 Å². The molecule has 0 bridgehead atoms. The fourth-order valence-electron chi connectivity index (χ4n) is 10.3. The first-order valence-electron chi connectivity index (χ1n) is 25.9. The molecule has 7 rings (SSSR count). The minimum absolute atomic E-state index is 0.000803. The van der Waals surface area contributed by atoms with E-state index in [-0.39, 0.29) is 56.7 Å². The summed E-state index contributed by atoms with van der Waals surface area (Å²) in [6.07, 6.45) is 2.26. The number of rotatable bonds is 23. The van der Waals surface area contributed by atoms with Crippen molar-refractivity contribution in [2.45, 2.75) is 125 Å². The van der Waals surface area contributed by atoms with Crippen LogP contribution in [-0.2, 0) is 62.4 Å². The number of benzene rings is 3. The molecule has 3 aromatic carbocycles. The lowest BCUT2D eigenvalue weighted by Gasteiger charge is -2.32. The smallest absolute Gasteiger partial charge is 0.327 e. The van der Waals surface area contributed by atoms with Crippen LogP contribution < -0.4 is 32.3 Å². The van der Waals surface area contributed by atoms with Crippen molar-refractivity contribution in [2.75, 3.05) is 31.1 Å². The number of aromatic nitrogens is 1. The first-order chi connectivity index (χ1) is 37.0. The summed E-state index contributed by atoms with van der Waals surface area (Å²) >= 11 is 8.19. The highest BCUT2D eigenvalue weighted by Crippen LogP contribution is 2.25. The second-order valence-electron chi connectivity index (χ2n) is 19.8. The number of carboxylic acids is 1. The predicted molar refractivity (Wildman–Crippen MR) is 291 cm³/mol. The van der Waals surface area contributed by atoms with Crippen molar-refractivity contribution in [3.05, 3.63) is 108 Å². The summed E-state index contributed by atoms with van der Waals surface area (Å²) in [7, 11) is 0. The first-order valence-corrected chi connectivity index (χ1v) is 27.2. The van der Waals surface area contributed by atoms with Gasteiger partial charge in [-0.3, -0.25) is 38.4 Å². The first kappa shape index (κ1) is 57.7. The lowest BCUT2D eigenvalue weighted by molar-refractivity contribution is -0.146. The van der Waals surface area contributed by atoms with Crippen LogP contribution in [0.25, 0.3) is 10.9 Å². The number of hydrogen-bond donors (Lipinski definition) is 11. The SMILES string of the molecule is C[C@@H](O)[C@H](NC(=O)[C@H](Cc1ccccc1)NC(=O)[C@@H]1CCCN1C(=O)[C@H](Cc1ccccc1)NC(=O)[C@H](Cc1c[nH]c2ccccc12)NC(=O)[C@@H]1CCCN1C(=O)[C@@H](N)CS)C(=O)N1CCC[C@H]1C(=O)N[C@@H](CS)C(=O)O. The summed E-state index contributed by atoms with van der Waals surface area (Å²) in [5.74, 6) is -6.77. The molecule has 3 aliphatic rings. The van der Waals surface area contributed by atoms with Gasteiger partial charge < -0.3 is 62.2 Å². The predicted octanol–water partition coefficient (Wildman–Crippen LogP) is 0.245. The maximum absolute atomic E-state index is 15.0. The molecule has 4 aromatic rings. The number of aliphatic hydroxyl groups excluding tert-OH is 1. The quantitative estimate of drug-likeness (QED) is 0.0446. The highest BCUT2D eigenvalue weighted by atomic mass is 32.1. The van der Waals surface area contributed by atoms with Crippen LogP contribution in [0.2, 0.25) is 0 Å². The van der Waals surface area contributed by atoms with Crippen LogP contribution >= 0.6 is 25.3 Å². The van der Waals surface area contributed by atoms with Crippen molar-refractivity contribution < 1.29 is 53.4 Å². The maximum Gasteiger partial charge on any atom is 0.327 e. The number of carboxylic acid groups (broad SMARTS) is 1. The van der Waals surface area contributed by atoms with Gasteiger partial charge in [0.25, 0.3) is 0 Å². The number of aliphatic hydroxyl groups is 1. The van der Waals surface area contributed by atoms with Gasteiger partial charge in [0, 0.05) is 67.5 Å². The van der Waals surface area contributed by atoms with E-state index < -0.39 is 114 Å². The van der Waals surface area contributed by atoms with Crippen molar-refractivity contribution in [3.63, 3.8) is 0 Å². The molecule has 77 heavy (non-hydrogen) atoms. The second kappa shape index (κ2) is 26.9. The van der Waals surface area contributed by atoms with Gasteiger partial charge in [0.15, 0.2) is 0 Å². The number of aromatic amines is 1. The van der Waals surface area contributed by atoms with Gasteiger partial charge in [0.05, 0.1) is 12.1 Å². The standard InChI is InChI=1S/C54H68N10O11S2/c1-31(65)45(53(73)64-24-12-21-44(64)50(70)60-41(30-77)54(74)75)61-47(67)38(25-32-13-4-2-5-14-32)57-49(69)43-20-11-23-63(43)52(72)40(26-33-15-6-3-7-16-33)59-46(66)39(27-34-28-56-37-18-9-8-17-35(34)37)58-48(68)42-19-10-22-62(42)51(71)36(55)29-76/h2-9,13-18,28,31,36,38-45,56,65,76-77H,10-12,19-27,29-30,55H2,1H3,(H,57,69)(H,58,68)(H,59,66)(H,60,70)(H,61,67)(H,74,75)/t31-,36+,38+,39+,40+,41+,42+,43+,44+,45+/m1/s1. The van der Waals surface area contributed by atoms with Gasteiger partial charge in [-0.05, 0) is 68.2 Å². The van der Waals surface area contributed by atoms with Gasteiger partial charge >= 0.3 is 5.97 Å². The molecule has 3 fully saturated rings. The molecule has 0 unspecified atom stereocenters. The van der Waals surface area contributed by atoms with Crippen molar-refractivity contribution in [1.29, 1.82) is 0 Å². The van der Waals surface area contributed by atoms with E-state index >= 15 is 4.79 Å². The zero-order valence-corrected chi connectivity index (χ0v) is 44.5. The van der Waals surface area contributed by atoms with Crippen LogP contribution in [0.5, 0.6) is 0 Å². The lowest BCUT2D eigenvalue weighted by atomic mass is 10.0. The molecule has 412 valence electrons. The van der Waals surface area contributed by atoms with Gasteiger partial charge in [0.1, 0.15) is 48.3 Å². The number of nitrogens with two attached hydrogens (primary N) is 1. The van der Waals surface area contributed by atoms with E-state index in [1.54, 1.807) is 66.9 Å². The number of nitrogens with one attached hydrogen (secondary N) is 6. The number of nitrogens with zero attached hydrogens (tertiary/aromatic N) is 3. The third kappa shape index (κ3) is 14.4. The number of fused-ring (bicyclic) bond motifs is 1. The number of likely N-dealkylation sites (tertiary alicyclic amines) is 3. The van der Waals surface area contributed by atoms with Crippen LogP contribution in [-0.4, -0.2) is 175 Å². The molecule has 0 saturated carbocycles. The molecule has 0 spiro atoms. The maximum atomic E-state index is 15.0. The van der Waals surface area contributed by atoms with Gasteiger partial charge in [-0.2, -0.15) is 25.3 Å². The van der Waals surface area contributed by atoms with E-state index in [0.717, 1.165) is 10.9 Å². The van der Waals surface area contributed by atoms with E-state index in [4.69, 9.17) is 5.73 Å². The van der Waals surface area contributed by atoms with Gasteiger partial charge in [0.2, 0.25) is 47.3 Å². The Kier molecular flexibility index (Phi) is 20.2. The Morgan fingerprint density at radius 3 is 1.55 bits per heavy atom. The van der Waals surface area contributed by atoms with Crippen molar-refractivity contribution in [1.82, 2.24) is 46.3 Å². The third-order valence-corrected chi connectivity index (χ3v) is 15.2. The highest BCUT2D eigenvalue weighted by Gasteiger charge is 2.44. The molecule has 8 amide bonds. The van der Waals surface area contributed by atoms with E-state index in [2.05, 4.69) is 56.8 Å². The number of carbonyl (C=O) groups excluding carboxylic acids is 8. The summed E-state index contributed by atoms with van der Waals surface area (Å²) < 4.78 is 0. The second-order valence-corrected chi connectivity index (χ2v) is 20.5. The molecule has 3 aliphatic heterocycles. The Hall–Kier alpha value is -6.95. The van der Waals surface area contributed by atoms with Crippen molar-refractivity contribution in [2.24, 2.45) is 5.73 Å². The molecule has 0 aliphatic carbocycles. The summed E-state index contributed by atoms with van der Waals surface area (Å²) in [5.41, 5.74) is 8.88. The number of H-pyrrole nitrogens is 1. The monoisotopic (exact) mass is 1100 g/mol. The summed E-state index contributed by atoms with van der Waals surface area (Å²) in [6, 6.07) is 14.4. The minimum Gasteiger partial charge on any atom is -0.480 e. The number of thiol groups is 2. The normalized spacial score (nSPS) is 20.0. The Morgan fingerprint density at radius 2 is 1.04 bits per heavy atom. The molecule has 10 atom stereocenters. The van der Waals surface area contributed by atoms with Gasteiger partial charge in [-0.25, -0.2) is 4.79 Å². The van der Waals surface area contributed by atoms with Crippen molar-refractivity contribution in [3.8, 4) is 0 Å². The van der Waals surface area contributed by atoms with Crippen LogP contribution in [0.1, 0.15) is 62.1 Å². The Balaban J connectivity index is 1.12. The molecule has 10 N–H and O–H groups in total. The van der Waals surface area contributed by atoms with Crippen LogP contribution in [0.3, 0.4) is 0 Å². The molecule has 23 heteroatoms. The number of aliphatic carboxylic acids is 1. The van der Waals surface area contributed by atoms with Crippen LogP contribution in [0, 0.1) is 0 Å². The highest BCUT2D eigenvalue weighted by molar-refractivity contribution is 7.80. The molecule has 4 heterocycles. The van der Waals surface area contributed by atoms with Crippen LogP contribution in [0.4, 0.5) is 0 Å². The molecular weight excluding hydrogens is 1030 g/mol. The third-order valence-electron chi connectivity index (χ3n) is 14.4. The Morgan fingerprint density at radius 1 is 0.584 bits per heavy atom. The number of para-hydroxylation sites is 1. The van der Waals surface area contributed by atoms with Gasteiger partial charge in [-0.15, -0.1) is 0 Å². The van der Waals surface area contributed by atoms with E-state index in [9.17, 15) is 48.6 Å². The average molecular weight is 1100 g/mol. The molecular formula is C54H68N10O11S2. The summed E-state index contributed by atoms with van der Waals surface area (Å²) in [6.45, 7) is 1.79. The van der Waals surface area contributed by atoms with E-state index in [0.29, 0.717) is 48.9 Å². The summed E-state index contributed by atoms with van der Waals surface area (Å²) in [4.78, 5) is 132. The minimum atomic E-state index is -1.58. The number of amides is 8. The van der Waals surface area contributed by atoms with Gasteiger partial charge in [-0.1, -0.05) is 78.9 Å². The molecule has 0 radical (unpaired) electrons. The number of carbonyl (C=O) groups is 9. The zero-order valence-electron chi connectivity index (χ0n) is 42.7. The molecule has 21 nitrogen and oxygen atoms in total. The largest absolute Gasteiger partial charge is 0.480 e. The van der Waals surface area contributed by atoms with E-state index in [1.165, 1.54) is 21.6 Å². The fourth-order valence-corrected chi connectivity index (χ4v) is 10.7.